The average molecular weight is 1010 g/mol. The molecule has 1 unspecified atom stereocenters. The molecule has 424 valence electrons. The van der Waals surface area contributed by atoms with Crippen molar-refractivity contribution < 1.29 is 28.6 Å². The molecule has 0 saturated carbocycles. The van der Waals surface area contributed by atoms with Crippen LogP contribution in [0.4, 0.5) is 0 Å². The van der Waals surface area contributed by atoms with Gasteiger partial charge in [0.1, 0.15) is 13.2 Å². The number of esters is 3. The van der Waals surface area contributed by atoms with Gasteiger partial charge in [0.25, 0.3) is 0 Å². The van der Waals surface area contributed by atoms with Gasteiger partial charge in [-0.05, 0) is 51.4 Å². The Morgan fingerprint density at radius 1 is 0.278 bits per heavy atom. The van der Waals surface area contributed by atoms with Crippen LogP contribution in [0.1, 0.15) is 361 Å². The minimum Gasteiger partial charge on any atom is -0.462 e. The van der Waals surface area contributed by atoms with Crippen molar-refractivity contribution in [1.82, 2.24) is 0 Å². The maximum absolute atomic E-state index is 12.8. The highest BCUT2D eigenvalue weighted by Gasteiger charge is 2.19. The van der Waals surface area contributed by atoms with E-state index in [1.807, 2.05) is 0 Å². The van der Waals surface area contributed by atoms with Crippen molar-refractivity contribution in [1.29, 1.82) is 0 Å². The molecule has 0 heterocycles. The Morgan fingerprint density at radius 2 is 0.500 bits per heavy atom. The zero-order valence-corrected chi connectivity index (χ0v) is 48.7. The first kappa shape index (κ1) is 69.9. The van der Waals surface area contributed by atoms with Crippen molar-refractivity contribution in [3.63, 3.8) is 0 Å². The number of hydrogen-bond acceptors (Lipinski definition) is 6. The van der Waals surface area contributed by atoms with E-state index < -0.39 is 6.10 Å². The molecule has 0 bridgehead atoms. The minimum absolute atomic E-state index is 0.0687. The number of ether oxygens (including phenoxy) is 3. The molecule has 0 aromatic heterocycles. The van der Waals surface area contributed by atoms with Gasteiger partial charge in [-0.1, -0.05) is 315 Å². The van der Waals surface area contributed by atoms with E-state index in [1.54, 1.807) is 0 Å². The summed E-state index contributed by atoms with van der Waals surface area (Å²) in [6, 6.07) is 0. The lowest BCUT2D eigenvalue weighted by Gasteiger charge is -2.18. The lowest BCUT2D eigenvalue weighted by Crippen LogP contribution is -2.30. The van der Waals surface area contributed by atoms with Crippen LogP contribution in [0.2, 0.25) is 0 Å². The van der Waals surface area contributed by atoms with Crippen molar-refractivity contribution in [3.8, 4) is 0 Å². The number of carbonyl (C=O) groups excluding carboxylic acids is 3. The molecule has 0 aromatic rings. The van der Waals surface area contributed by atoms with E-state index in [0.717, 1.165) is 70.6 Å². The zero-order chi connectivity index (χ0) is 52.2. The van der Waals surface area contributed by atoms with Gasteiger partial charge in [-0.25, -0.2) is 0 Å². The van der Waals surface area contributed by atoms with Gasteiger partial charge in [0.2, 0.25) is 0 Å². The fraction of sp³-hybridized carbons (Fsp3) is 0.894. The summed E-state index contributed by atoms with van der Waals surface area (Å²) in [5.41, 5.74) is 0. The standard InChI is InChI=1S/C66H124O6/c1-4-7-10-13-15-17-19-21-23-25-27-28-29-30-31-32-33-34-35-36-37-39-40-42-44-46-48-50-53-56-59-65(68)71-62-63(61-70-64(67)58-55-52-12-9-6-3)72-66(69)60-57-54-51-49-47-45-43-41-38-26-24-22-20-18-16-14-11-8-5-2/h16,18,22,24,63H,4-15,17,19-21,23,25-62H2,1-3H3/b18-16-,24-22-. The summed E-state index contributed by atoms with van der Waals surface area (Å²) in [6.45, 7) is 6.59. The Morgan fingerprint density at radius 3 is 0.792 bits per heavy atom. The predicted molar refractivity (Wildman–Crippen MR) is 312 cm³/mol. The van der Waals surface area contributed by atoms with Crippen LogP contribution in [-0.2, 0) is 28.6 Å². The van der Waals surface area contributed by atoms with Crippen LogP contribution in [0, 0.1) is 0 Å². The van der Waals surface area contributed by atoms with Gasteiger partial charge in [0.15, 0.2) is 6.10 Å². The van der Waals surface area contributed by atoms with Gasteiger partial charge >= 0.3 is 17.9 Å². The van der Waals surface area contributed by atoms with Gasteiger partial charge in [-0.2, -0.15) is 0 Å². The number of carbonyl (C=O) groups is 3. The van der Waals surface area contributed by atoms with E-state index in [2.05, 4.69) is 45.1 Å². The Kier molecular flexibility index (Phi) is 59.6. The van der Waals surface area contributed by atoms with Gasteiger partial charge in [0, 0.05) is 19.3 Å². The summed E-state index contributed by atoms with van der Waals surface area (Å²) in [5, 5.41) is 0. The van der Waals surface area contributed by atoms with Crippen molar-refractivity contribution in [2.45, 2.75) is 367 Å². The highest BCUT2D eigenvalue weighted by Crippen LogP contribution is 2.18. The molecule has 1 atom stereocenters. The molecule has 0 aliphatic rings. The summed E-state index contributed by atoms with van der Waals surface area (Å²) in [5.74, 6) is -0.866. The number of allylic oxidation sites excluding steroid dienone is 4. The highest BCUT2D eigenvalue weighted by atomic mass is 16.6. The molecule has 0 spiro atoms. The Labute approximate surface area is 449 Å². The molecule has 0 aliphatic heterocycles. The van der Waals surface area contributed by atoms with Crippen LogP contribution < -0.4 is 0 Å². The van der Waals surface area contributed by atoms with Crippen molar-refractivity contribution in [3.05, 3.63) is 24.3 Å². The van der Waals surface area contributed by atoms with Gasteiger partial charge in [-0.3, -0.25) is 14.4 Å². The third-order valence-electron chi connectivity index (χ3n) is 14.7. The Balaban J connectivity index is 3.92. The second-order valence-corrected chi connectivity index (χ2v) is 22.0. The second-order valence-electron chi connectivity index (χ2n) is 22.0. The summed E-state index contributed by atoms with van der Waals surface area (Å²) in [4.78, 5) is 37.9. The molecule has 0 saturated heterocycles. The van der Waals surface area contributed by atoms with Gasteiger partial charge in [0.05, 0.1) is 0 Å². The molecular formula is C66H124O6. The summed E-state index contributed by atoms with van der Waals surface area (Å²) in [7, 11) is 0. The maximum atomic E-state index is 12.8. The molecule has 6 nitrogen and oxygen atoms in total. The molecule has 0 N–H and O–H groups in total. The van der Waals surface area contributed by atoms with Crippen molar-refractivity contribution in [2.75, 3.05) is 13.2 Å². The first-order chi connectivity index (χ1) is 35.5. The van der Waals surface area contributed by atoms with Crippen LogP contribution >= 0.6 is 0 Å². The number of unbranched alkanes of at least 4 members (excludes halogenated alkanes) is 45. The third kappa shape index (κ3) is 58.8. The van der Waals surface area contributed by atoms with Crippen LogP contribution in [0.3, 0.4) is 0 Å². The van der Waals surface area contributed by atoms with Crippen LogP contribution in [-0.4, -0.2) is 37.2 Å². The molecule has 0 fully saturated rings. The van der Waals surface area contributed by atoms with Crippen LogP contribution in [0.15, 0.2) is 24.3 Å². The smallest absolute Gasteiger partial charge is 0.306 e. The average Bonchev–Trinajstić information content (AvgIpc) is 3.38. The first-order valence-electron chi connectivity index (χ1n) is 32.3. The fourth-order valence-electron chi connectivity index (χ4n) is 9.83. The summed E-state index contributed by atoms with van der Waals surface area (Å²) >= 11 is 0. The van der Waals surface area contributed by atoms with E-state index in [9.17, 15) is 14.4 Å². The summed E-state index contributed by atoms with van der Waals surface area (Å²) < 4.78 is 16.8. The number of hydrogen-bond donors (Lipinski definition) is 0. The quantitative estimate of drug-likeness (QED) is 0.0261. The lowest BCUT2D eigenvalue weighted by molar-refractivity contribution is -0.167. The van der Waals surface area contributed by atoms with Gasteiger partial charge in [-0.15, -0.1) is 0 Å². The first-order valence-corrected chi connectivity index (χ1v) is 32.3. The Hall–Kier alpha value is -2.11. The van der Waals surface area contributed by atoms with E-state index in [-0.39, 0.29) is 31.1 Å². The van der Waals surface area contributed by atoms with E-state index in [4.69, 9.17) is 14.2 Å². The van der Waals surface area contributed by atoms with E-state index >= 15 is 0 Å². The lowest BCUT2D eigenvalue weighted by atomic mass is 10.0. The SMILES string of the molecule is CCCCC/C=C\C/C=C\CCCCCCCCCCCC(=O)OC(COC(=O)CCCCCCC)COC(=O)CCCCCCCCCCCCCCCCCCCCCCCCCCCCCCCC. The predicted octanol–water partition coefficient (Wildman–Crippen LogP) is 21.8. The highest BCUT2D eigenvalue weighted by molar-refractivity contribution is 5.71. The second kappa shape index (κ2) is 61.4. The van der Waals surface area contributed by atoms with E-state index in [1.165, 1.54) is 250 Å². The largest absolute Gasteiger partial charge is 0.462 e. The molecule has 0 rings (SSSR count). The monoisotopic (exact) mass is 1010 g/mol. The molecule has 6 heteroatoms. The zero-order valence-electron chi connectivity index (χ0n) is 48.7. The third-order valence-corrected chi connectivity index (χ3v) is 14.7. The van der Waals surface area contributed by atoms with Crippen LogP contribution in [0.25, 0.3) is 0 Å². The van der Waals surface area contributed by atoms with Crippen molar-refractivity contribution in [2.24, 2.45) is 0 Å². The molecule has 0 aromatic carbocycles. The normalized spacial score (nSPS) is 12.1. The van der Waals surface area contributed by atoms with Crippen LogP contribution in [0.5, 0.6) is 0 Å². The van der Waals surface area contributed by atoms with E-state index in [0.29, 0.717) is 19.3 Å². The molecular weight excluding hydrogens is 889 g/mol. The topological polar surface area (TPSA) is 78.9 Å². The minimum atomic E-state index is -0.767. The number of rotatable bonds is 60. The van der Waals surface area contributed by atoms with Crippen molar-refractivity contribution >= 4 is 17.9 Å². The fourth-order valence-corrected chi connectivity index (χ4v) is 9.83. The summed E-state index contributed by atoms with van der Waals surface area (Å²) in [6.07, 6.45) is 74.0. The molecule has 0 amide bonds. The molecule has 0 aliphatic carbocycles. The Bertz CT molecular complexity index is 1160. The van der Waals surface area contributed by atoms with Gasteiger partial charge < -0.3 is 14.2 Å². The molecule has 72 heavy (non-hydrogen) atoms. The maximum Gasteiger partial charge on any atom is 0.306 e. The molecule has 0 radical (unpaired) electrons.